The lowest BCUT2D eigenvalue weighted by Crippen LogP contribution is -2.08. The zero-order chi connectivity index (χ0) is 14.0. The molecule has 0 aliphatic carbocycles. The van der Waals surface area contributed by atoms with Gasteiger partial charge in [-0.15, -0.1) is 0 Å². The zero-order valence-corrected chi connectivity index (χ0v) is 13.5. The number of fused-ring (bicyclic) bond motifs is 1. The van der Waals surface area contributed by atoms with Gasteiger partial charge < -0.3 is 9.15 Å². The Morgan fingerprint density at radius 3 is 2.84 bits per heavy atom. The molecular weight excluding hydrogens is 379 g/mol. The van der Waals surface area contributed by atoms with Gasteiger partial charge in [0.2, 0.25) is 0 Å². The van der Waals surface area contributed by atoms with Crippen LogP contribution < -0.4 is 0 Å². The van der Waals surface area contributed by atoms with E-state index < -0.39 is 10.8 Å². The Kier molecular flexibility index (Phi) is 4.62. The van der Waals surface area contributed by atoms with E-state index in [0.29, 0.717) is 22.8 Å². The van der Waals surface area contributed by atoms with Crippen molar-refractivity contribution in [2.45, 2.75) is 18.2 Å². The van der Waals surface area contributed by atoms with E-state index in [-0.39, 0.29) is 12.4 Å². The zero-order valence-electron chi connectivity index (χ0n) is 10.6. The molecule has 0 saturated carbocycles. The molecule has 102 valence electrons. The molecule has 0 amide bonds. The van der Waals surface area contributed by atoms with Gasteiger partial charge in [0.25, 0.3) is 0 Å². The Morgan fingerprint density at radius 1 is 1.47 bits per heavy atom. The van der Waals surface area contributed by atoms with Crippen LogP contribution in [-0.4, -0.2) is 23.0 Å². The van der Waals surface area contributed by atoms with Crippen LogP contribution in [-0.2, 0) is 26.8 Å². The van der Waals surface area contributed by atoms with E-state index in [1.807, 2.05) is 18.2 Å². The van der Waals surface area contributed by atoms with Crippen molar-refractivity contribution in [2.24, 2.45) is 0 Å². The van der Waals surface area contributed by atoms with Crippen LogP contribution >= 0.6 is 22.6 Å². The molecule has 0 unspecified atom stereocenters. The summed E-state index contributed by atoms with van der Waals surface area (Å²) in [5, 5.41) is 0.798. The molecule has 1 atom stereocenters. The van der Waals surface area contributed by atoms with E-state index in [9.17, 15) is 9.00 Å². The highest BCUT2D eigenvalue weighted by molar-refractivity contribution is 14.1. The number of esters is 1. The van der Waals surface area contributed by atoms with Crippen LogP contribution in [0.2, 0.25) is 0 Å². The molecule has 19 heavy (non-hydrogen) atoms. The summed E-state index contributed by atoms with van der Waals surface area (Å²) >= 11 is 2.18. The first-order chi connectivity index (χ1) is 9.02. The second kappa shape index (κ2) is 6.04. The van der Waals surface area contributed by atoms with E-state index in [0.717, 1.165) is 8.96 Å². The standard InChI is InChI=1S/C13H13IO4S/c1-3-17-12(15)7-11-13(19(2)16)9-6-8(14)4-5-10(9)18-11/h4-6H,3,7H2,1-2H3/t19-/m0/s1. The number of carbonyl (C=O) groups excluding carboxylic acids is 1. The highest BCUT2D eigenvalue weighted by Crippen LogP contribution is 2.30. The monoisotopic (exact) mass is 392 g/mol. The predicted molar refractivity (Wildman–Crippen MR) is 81.6 cm³/mol. The van der Waals surface area contributed by atoms with Crippen molar-refractivity contribution in [1.29, 1.82) is 0 Å². The van der Waals surface area contributed by atoms with Crippen molar-refractivity contribution in [3.63, 3.8) is 0 Å². The van der Waals surface area contributed by atoms with Crippen LogP contribution in [0.3, 0.4) is 0 Å². The Balaban J connectivity index is 2.51. The molecule has 1 aromatic carbocycles. The minimum Gasteiger partial charge on any atom is -0.466 e. The normalized spacial score (nSPS) is 12.6. The van der Waals surface area contributed by atoms with E-state index >= 15 is 0 Å². The van der Waals surface area contributed by atoms with Crippen LogP contribution in [0, 0.1) is 3.57 Å². The minimum absolute atomic E-state index is 0.00795. The second-order valence-corrected chi connectivity index (χ2v) is 6.49. The highest BCUT2D eigenvalue weighted by Gasteiger charge is 2.20. The smallest absolute Gasteiger partial charge is 0.313 e. The molecule has 0 fully saturated rings. The third kappa shape index (κ3) is 3.17. The van der Waals surface area contributed by atoms with Crippen LogP contribution in [0.1, 0.15) is 12.7 Å². The van der Waals surface area contributed by atoms with Crippen LogP contribution in [0.25, 0.3) is 11.0 Å². The Hall–Kier alpha value is -0.890. The average molecular weight is 392 g/mol. The summed E-state index contributed by atoms with van der Waals surface area (Å²) in [5.74, 6) is 0.0548. The number of hydrogen-bond donors (Lipinski definition) is 0. The van der Waals surface area contributed by atoms with Gasteiger partial charge in [0.1, 0.15) is 17.8 Å². The molecule has 0 spiro atoms. The molecule has 1 aromatic heterocycles. The van der Waals surface area contributed by atoms with Gasteiger partial charge >= 0.3 is 5.97 Å². The molecule has 2 aromatic rings. The minimum atomic E-state index is -1.22. The Bertz CT molecular complexity index is 647. The number of benzene rings is 1. The summed E-state index contributed by atoms with van der Waals surface area (Å²) in [5.41, 5.74) is 0.643. The van der Waals surface area contributed by atoms with Crippen molar-refractivity contribution >= 4 is 50.3 Å². The lowest BCUT2D eigenvalue weighted by Gasteiger charge is -2.01. The largest absolute Gasteiger partial charge is 0.466 e. The first-order valence-corrected chi connectivity index (χ1v) is 8.36. The SMILES string of the molecule is CCOC(=O)Cc1oc2ccc(I)cc2c1[S@](C)=O. The van der Waals surface area contributed by atoms with Crippen molar-refractivity contribution in [1.82, 2.24) is 0 Å². The molecule has 0 N–H and O–H groups in total. The third-order valence-corrected chi connectivity index (χ3v) is 4.26. The van der Waals surface area contributed by atoms with Gasteiger partial charge in [0, 0.05) is 15.2 Å². The fraction of sp³-hybridized carbons (Fsp3) is 0.308. The maximum Gasteiger partial charge on any atom is 0.313 e. The average Bonchev–Trinajstić information content (AvgIpc) is 2.66. The van der Waals surface area contributed by atoms with E-state index in [1.165, 1.54) is 0 Å². The van der Waals surface area contributed by atoms with Gasteiger partial charge in [-0.3, -0.25) is 9.00 Å². The maximum absolute atomic E-state index is 11.9. The third-order valence-electron chi connectivity index (χ3n) is 2.57. The van der Waals surface area contributed by atoms with Gasteiger partial charge in [-0.2, -0.15) is 0 Å². The van der Waals surface area contributed by atoms with Crippen LogP contribution in [0.5, 0.6) is 0 Å². The van der Waals surface area contributed by atoms with Crippen LogP contribution in [0.15, 0.2) is 27.5 Å². The lowest BCUT2D eigenvalue weighted by atomic mass is 10.2. The highest BCUT2D eigenvalue weighted by atomic mass is 127. The molecule has 0 bridgehead atoms. The van der Waals surface area contributed by atoms with Crippen molar-refractivity contribution in [2.75, 3.05) is 12.9 Å². The first-order valence-electron chi connectivity index (χ1n) is 5.73. The molecule has 0 aliphatic heterocycles. The number of carbonyl (C=O) groups is 1. The van der Waals surface area contributed by atoms with E-state index in [2.05, 4.69) is 22.6 Å². The Labute approximate surface area is 127 Å². The van der Waals surface area contributed by atoms with Crippen molar-refractivity contribution in [3.05, 3.63) is 27.5 Å². The number of hydrogen-bond acceptors (Lipinski definition) is 4. The molecule has 0 aliphatic rings. The summed E-state index contributed by atoms with van der Waals surface area (Å²) in [6.07, 6.45) is 1.59. The summed E-state index contributed by atoms with van der Waals surface area (Å²) < 4.78 is 23.5. The number of rotatable bonds is 4. The molecule has 0 radical (unpaired) electrons. The van der Waals surface area contributed by atoms with Gasteiger partial charge in [-0.1, -0.05) is 0 Å². The molecule has 1 heterocycles. The van der Waals surface area contributed by atoms with Crippen molar-refractivity contribution in [3.8, 4) is 0 Å². The quantitative estimate of drug-likeness (QED) is 0.593. The molecule has 4 nitrogen and oxygen atoms in total. The van der Waals surface area contributed by atoms with Gasteiger partial charge in [-0.25, -0.2) is 0 Å². The van der Waals surface area contributed by atoms with Gasteiger partial charge in [0.15, 0.2) is 0 Å². The molecule has 0 saturated heterocycles. The summed E-state index contributed by atoms with van der Waals surface area (Å²) in [6.45, 7) is 2.07. The number of furan rings is 1. The predicted octanol–water partition coefficient (Wildman–Crippen LogP) is 2.88. The fourth-order valence-corrected chi connectivity index (χ4v) is 3.27. The topological polar surface area (TPSA) is 56.5 Å². The first kappa shape index (κ1) is 14.5. The number of halogens is 1. The number of ether oxygens (including phenoxy) is 1. The molecule has 6 heteroatoms. The van der Waals surface area contributed by atoms with Crippen LogP contribution in [0.4, 0.5) is 0 Å². The fourth-order valence-electron chi connectivity index (χ4n) is 1.87. The second-order valence-electron chi connectivity index (χ2n) is 3.93. The van der Waals surface area contributed by atoms with E-state index in [4.69, 9.17) is 9.15 Å². The summed E-state index contributed by atoms with van der Waals surface area (Å²) in [6, 6.07) is 5.63. The molecular formula is C13H13IO4S. The van der Waals surface area contributed by atoms with Crippen molar-refractivity contribution < 1.29 is 18.2 Å². The Morgan fingerprint density at radius 2 is 2.21 bits per heavy atom. The van der Waals surface area contributed by atoms with Gasteiger partial charge in [-0.05, 0) is 47.7 Å². The summed E-state index contributed by atoms with van der Waals surface area (Å²) in [7, 11) is -1.22. The maximum atomic E-state index is 11.9. The van der Waals surface area contributed by atoms with E-state index in [1.54, 1.807) is 13.2 Å². The molecule has 2 rings (SSSR count). The lowest BCUT2D eigenvalue weighted by molar-refractivity contribution is -0.142. The van der Waals surface area contributed by atoms with Gasteiger partial charge in [0.05, 0.1) is 22.3 Å². The summed E-state index contributed by atoms with van der Waals surface area (Å²) in [4.78, 5) is 12.1.